The van der Waals surface area contributed by atoms with Gasteiger partial charge < -0.3 is 15.1 Å². The lowest BCUT2D eigenvalue weighted by Crippen LogP contribution is -2.81. The van der Waals surface area contributed by atoms with Crippen molar-refractivity contribution in [2.24, 2.45) is 0 Å². The highest BCUT2D eigenvalue weighted by Gasteiger charge is 2.59. The fraction of sp³-hybridized carbons (Fsp3) is 0.571. The molecule has 4 rings (SSSR count). The number of likely N-dealkylation sites (tertiary alicyclic amines) is 1. The van der Waals surface area contributed by atoms with E-state index in [1.165, 1.54) is 24.0 Å². The highest BCUT2D eigenvalue weighted by Crippen LogP contribution is 2.36. The zero-order chi connectivity index (χ0) is 25.6. The molecule has 1 fully saturated rings. The summed E-state index contributed by atoms with van der Waals surface area (Å²) in [5, 5.41) is 3.60. The van der Waals surface area contributed by atoms with Crippen LogP contribution in [0.2, 0.25) is 39.3 Å². The van der Waals surface area contributed by atoms with Crippen LogP contribution in [0.4, 0.5) is 0 Å². The van der Waals surface area contributed by atoms with Crippen molar-refractivity contribution in [3.63, 3.8) is 0 Å². The number of carbonyl (C=O) groups excluding carboxylic acids is 2. The third kappa shape index (κ3) is 5.36. The highest BCUT2D eigenvalue weighted by atomic mass is 28.4. The molecule has 1 N–H and O–H groups in total. The predicted octanol–water partition coefficient (Wildman–Crippen LogP) is 4.66. The van der Waals surface area contributed by atoms with Gasteiger partial charge in [-0.2, -0.15) is 0 Å². The SMILES string of the molecule is CN1C=CCC(C(=O)N[C@]2(Cc3ccc4c(c3)CCCC4)CN(C([Si](C)(C)C)[Si](C)(C)C)C2=O)=C1. The summed E-state index contributed by atoms with van der Waals surface area (Å²) in [6.45, 7) is 14.9. The average molecular weight is 510 g/mol. The number of hydrogen-bond donors (Lipinski definition) is 1. The molecular formula is C28H43N3O2Si2. The minimum Gasteiger partial charge on any atom is -0.357 e. The second-order valence-electron chi connectivity index (χ2n) is 13.0. The predicted molar refractivity (Wildman–Crippen MR) is 149 cm³/mol. The van der Waals surface area contributed by atoms with Crippen LogP contribution < -0.4 is 5.32 Å². The van der Waals surface area contributed by atoms with Crippen LogP contribution in [0.15, 0.2) is 42.2 Å². The molecule has 0 bridgehead atoms. The van der Waals surface area contributed by atoms with Gasteiger partial charge in [0.25, 0.3) is 0 Å². The third-order valence-corrected chi connectivity index (χ3v) is 16.8. The second kappa shape index (κ2) is 9.39. The number of hydrogen-bond acceptors (Lipinski definition) is 3. The molecule has 0 unspecified atom stereocenters. The van der Waals surface area contributed by atoms with Gasteiger partial charge in [0.2, 0.25) is 11.8 Å². The van der Waals surface area contributed by atoms with Gasteiger partial charge in [0, 0.05) is 30.5 Å². The van der Waals surface area contributed by atoms with Gasteiger partial charge >= 0.3 is 0 Å². The molecule has 190 valence electrons. The van der Waals surface area contributed by atoms with E-state index in [0.717, 1.165) is 18.4 Å². The number of β-lactam (4-membered cyclic amide) rings is 1. The lowest BCUT2D eigenvalue weighted by Gasteiger charge is -2.58. The first-order valence-electron chi connectivity index (χ1n) is 13.1. The molecule has 0 aromatic heterocycles. The monoisotopic (exact) mass is 509 g/mol. The van der Waals surface area contributed by atoms with Crippen molar-refractivity contribution in [2.75, 3.05) is 13.6 Å². The minimum absolute atomic E-state index is 0.110. The van der Waals surface area contributed by atoms with Gasteiger partial charge in [-0.3, -0.25) is 9.59 Å². The molecule has 0 spiro atoms. The summed E-state index contributed by atoms with van der Waals surface area (Å²) in [7, 11) is -1.33. The number of amides is 2. The minimum atomic E-state index is -1.63. The van der Waals surface area contributed by atoms with Crippen molar-refractivity contribution in [1.82, 2.24) is 15.1 Å². The Morgan fingerprint density at radius 3 is 2.31 bits per heavy atom. The Labute approximate surface area is 213 Å². The van der Waals surface area contributed by atoms with Crippen molar-refractivity contribution in [2.45, 2.75) is 88.6 Å². The van der Waals surface area contributed by atoms with E-state index < -0.39 is 21.7 Å². The molecule has 35 heavy (non-hydrogen) atoms. The van der Waals surface area contributed by atoms with E-state index in [-0.39, 0.29) is 11.8 Å². The van der Waals surface area contributed by atoms with Gasteiger partial charge in [-0.25, -0.2) is 0 Å². The molecule has 7 heteroatoms. The number of nitrogens with one attached hydrogen (secondary N) is 1. The summed E-state index contributed by atoms with van der Waals surface area (Å²) in [6, 6.07) is 6.72. The van der Waals surface area contributed by atoms with Crippen LogP contribution in [0.5, 0.6) is 0 Å². The topological polar surface area (TPSA) is 52.7 Å². The zero-order valence-corrected chi connectivity index (χ0v) is 24.7. The van der Waals surface area contributed by atoms with Crippen molar-refractivity contribution in [1.29, 1.82) is 0 Å². The fourth-order valence-corrected chi connectivity index (χ4v) is 19.4. The molecule has 2 aliphatic heterocycles. The van der Waals surface area contributed by atoms with Gasteiger partial charge in [0.05, 0.1) is 22.7 Å². The first-order chi connectivity index (χ1) is 16.3. The first kappa shape index (κ1) is 26.0. The van der Waals surface area contributed by atoms with E-state index in [0.29, 0.717) is 30.2 Å². The molecule has 1 aliphatic carbocycles. The molecule has 2 heterocycles. The Morgan fingerprint density at radius 1 is 1.06 bits per heavy atom. The summed E-state index contributed by atoms with van der Waals surface area (Å²) in [5.41, 5.74) is 3.86. The molecule has 2 amide bonds. The normalized spacial score (nSPS) is 22.6. The van der Waals surface area contributed by atoms with E-state index in [1.54, 1.807) is 0 Å². The second-order valence-corrected chi connectivity index (χ2v) is 24.1. The number of aryl methyl sites for hydroxylation is 2. The van der Waals surface area contributed by atoms with Gasteiger partial charge in [-0.1, -0.05) is 63.6 Å². The third-order valence-electron chi connectivity index (χ3n) is 7.66. The number of carbonyl (C=O) groups is 2. The zero-order valence-electron chi connectivity index (χ0n) is 22.7. The molecule has 0 radical (unpaired) electrons. The van der Waals surface area contributed by atoms with Crippen molar-refractivity contribution in [3.8, 4) is 0 Å². The molecule has 1 saturated heterocycles. The maximum atomic E-state index is 14.1. The molecule has 3 aliphatic rings. The fourth-order valence-electron chi connectivity index (χ4n) is 6.71. The maximum Gasteiger partial charge on any atom is 0.250 e. The van der Waals surface area contributed by atoms with E-state index in [4.69, 9.17) is 0 Å². The maximum absolute atomic E-state index is 14.1. The summed E-state index contributed by atoms with van der Waals surface area (Å²) < 4.78 is 0. The van der Waals surface area contributed by atoms with Crippen molar-refractivity contribution < 1.29 is 9.59 Å². The van der Waals surface area contributed by atoms with E-state index in [1.807, 2.05) is 30.4 Å². The summed E-state index contributed by atoms with van der Waals surface area (Å²) in [4.78, 5) is 31.5. The molecule has 1 aromatic rings. The van der Waals surface area contributed by atoms with Crippen LogP contribution in [-0.2, 0) is 28.9 Å². The van der Waals surface area contributed by atoms with Crippen LogP contribution >= 0.6 is 0 Å². The summed E-state index contributed by atoms with van der Waals surface area (Å²) >= 11 is 0. The van der Waals surface area contributed by atoms with E-state index in [9.17, 15) is 9.59 Å². The van der Waals surface area contributed by atoms with Crippen LogP contribution in [0.3, 0.4) is 0 Å². The van der Waals surface area contributed by atoms with Crippen molar-refractivity contribution >= 4 is 28.0 Å². The Hall–Kier alpha value is -2.13. The smallest absolute Gasteiger partial charge is 0.250 e. The number of benzene rings is 1. The van der Waals surface area contributed by atoms with Gasteiger partial charge in [0.15, 0.2) is 0 Å². The standard InChI is InChI=1S/C28H43N3O2Si2/c1-30-16-10-13-24(19-30)25(32)29-28(18-21-14-15-22-11-8-9-12-23(22)17-21)20-31(26(28)33)27(34(2,3)4)35(5,6)7/h10,14-17,19,27H,8-9,11-13,18,20H2,1-7H3,(H,29,32)/t28-/m1/s1. The lowest BCUT2D eigenvalue weighted by atomic mass is 9.80. The van der Waals surface area contributed by atoms with Crippen LogP contribution in [-0.4, -0.2) is 62.2 Å². The molecule has 0 saturated carbocycles. The Bertz CT molecular complexity index is 1050. The number of rotatable bonds is 7. The Kier molecular flexibility index (Phi) is 6.96. The van der Waals surface area contributed by atoms with Gasteiger partial charge in [-0.05, 0) is 55.0 Å². The number of nitrogens with zero attached hydrogens (tertiary/aromatic N) is 2. The van der Waals surface area contributed by atoms with Crippen molar-refractivity contribution in [3.05, 3.63) is 58.9 Å². The lowest BCUT2D eigenvalue weighted by molar-refractivity contribution is -0.155. The van der Waals surface area contributed by atoms with Crippen LogP contribution in [0.25, 0.3) is 0 Å². The molecule has 5 nitrogen and oxygen atoms in total. The molecule has 1 atom stereocenters. The van der Waals surface area contributed by atoms with E-state index in [2.05, 4.69) is 67.7 Å². The van der Waals surface area contributed by atoms with Gasteiger partial charge in [0.1, 0.15) is 5.54 Å². The van der Waals surface area contributed by atoms with Gasteiger partial charge in [-0.15, -0.1) is 0 Å². The Balaban J connectivity index is 1.64. The average Bonchev–Trinajstić information content (AvgIpc) is 2.76. The first-order valence-corrected chi connectivity index (χ1v) is 20.3. The number of allylic oxidation sites excluding steroid dienone is 1. The number of fused-ring (bicyclic) bond motifs is 1. The quantitative estimate of drug-likeness (QED) is 0.430. The van der Waals surface area contributed by atoms with E-state index >= 15 is 0 Å². The summed E-state index contributed by atoms with van der Waals surface area (Å²) in [6.07, 6.45) is 11.7. The van der Waals surface area contributed by atoms with Crippen LogP contribution in [0, 0.1) is 0 Å². The highest BCUT2D eigenvalue weighted by molar-refractivity contribution is 6.96. The van der Waals surface area contributed by atoms with Crippen LogP contribution in [0.1, 0.15) is 36.0 Å². The Morgan fingerprint density at radius 2 is 1.71 bits per heavy atom. The largest absolute Gasteiger partial charge is 0.357 e. The molecule has 1 aromatic carbocycles. The summed E-state index contributed by atoms with van der Waals surface area (Å²) in [5.74, 6) is -0.0107. The molecular weight excluding hydrogens is 466 g/mol.